The normalized spacial score (nSPS) is 14.0. The molecule has 0 saturated carbocycles. The first-order chi connectivity index (χ1) is 30.8. The van der Waals surface area contributed by atoms with Crippen molar-refractivity contribution >= 4 is 71.1 Å². The van der Waals surface area contributed by atoms with E-state index in [0.29, 0.717) is 64.2 Å². The minimum Gasteiger partial charge on any atom is -0.493 e. The summed E-state index contributed by atoms with van der Waals surface area (Å²) in [6, 6.07) is 20.1. The number of hydrogen-bond donors (Lipinski definition) is 5. The van der Waals surface area contributed by atoms with Gasteiger partial charge in [-0.25, -0.2) is 0 Å². The Labute approximate surface area is 371 Å². The number of aliphatic imine (C=N–C) groups is 1. The van der Waals surface area contributed by atoms with Crippen LogP contribution < -0.4 is 36.1 Å². The Hall–Kier alpha value is -7.69. The molecule has 1 aliphatic rings. The quantitative estimate of drug-likeness (QED) is 0.0354. The molecule has 5 aromatic rings. The van der Waals surface area contributed by atoms with Gasteiger partial charge in [-0.3, -0.25) is 33.8 Å². The van der Waals surface area contributed by atoms with Crippen LogP contribution in [0.3, 0.4) is 0 Å². The van der Waals surface area contributed by atoms with Crippen molar-refractivity contribution in [2.75, 3.05) is 41.5 Å². The molecule has 17 heteroatoms. The fourth-order valence-electron chi connectivity index (χ4n) is 7.15. The summed E-state index contributed by atoms with van der Waals surface area (Å²) in [4.78, 5) is 80.0. The molecule has 1 saturated heterocycles. The monoisotopic (exact) mass is 871 g/mol. The first-order valence-electron chi connectivity index (χ1n) is 20.9. The van der Waals surface area contributed by atoms with Crippen molar-refractivity contribution in [3.8, 4) is 22.6 Å². The van der Waals surface area contributed by atoms with Crippen molar-refractivity contribution in [1.29, 1.82) is 0 Å². The molecular weight excluding hydrogens is 819 g/mol. The maximum Gasteiger partial charge on any atom is 0.272 e. The van der Waals surface area contributed by atoms with Gasteiger partial charge in [0.25, 0.3) is 11.8 Å². The standard InChI is InChI=1S/C47H53N9O8/c1-30-21-42(63-5)43(24-39(30)48-25-38-9-6-7-19-56(38)29-58)64-20-8-10-44(59)50-37-23-41(55(4)27-37)47(62)52-34-13-11-32(12-14-34)33-22-40(54(3)26-33)46(61)53-36-17-15-35(16-18-36)51-45(60)31(2)49-28-57/h11-18,21-29,31,38H,6-10,19-20H2,1-5H3,(H,49,57)(H,50,59)(H,51,60)(H,52,62)(H,53,61)/t31-,38-/m0/s1. The SMILES string of the molecule is COc1cc(C)c(N=C[C@@H]2CCCCN2C=O)cc1OCCCC(=O)Nc1cc(C(=O)Nc2ccc(-c3cc(C(=O)Nc4ccc(NC(=O)[C@H](C)NC=O)cc4)n(C)c3)cc2)n(C)c1. The first-order valence-corrected chi connectivity index (χ1v) is 20.9. The lowest BCUT2D eigenvalue weighted by Gasteiger charge is -2.29. The van der Waals surface area contributed by atoms with Gasteiger partial charge in [0.05, 0.1) is 31.1 Å². The zero-order valence-electron chi connectivity index (χ0n) is 36.5. The molecule has 0 bridgehead atoms. The van der Waals surface area contributed by atoms with Gasteiger partial charge in [-0.05, 0) is 105 Å². The summed E-state index contributed by atoms with van der Waals surface area (Å²) >= 11 is 0. The van der Waals surface area contributed by atoms with Crippen molar-refractivity contribution in [2.24, 2.45) is 19.1 Å². The van der Waals surface area contributed by atoms with Crippen molar-refractivity contribution in [3.05, 3.63) is 102 Å². The number of hydrogen-bond acceptors (Lipinski definition) is 9. The highest BCUT2D eigenvalue weighted by molar-refractivity contribution is 6.05. The number of aromatic nitrogens is 2. The minimum atomic E-state index is -0.695. The van der Waals surface area contributed by atoms with E-state index in [1.165, 1.54) is 0 Å². The van der Waals surface area contributed by atoms with Crippen LogP contribution in [-0.2, 0) is 33.3 Å². The van der Waals surface area contributed by atoms with E-state index < -0.39 is 6.04 Å². The van der Waals surface area contributed by atoms with E-state index in [-0.39, 0.29) is 42.7 Å². The van der Waals surface area contributed by atoms with Crippen molar-refractivity contribution < 1.29 is 38.2 Å². The van der Waals surface area contributed by atoms with Gasteiger partial charge < -0.3 is 50.1 Å². The zero-order valence-corrected chi connectivity index (χ0v) is 36.5. The average Bonchev–Trinajstić information content (AvgIpc) is 3.87. The van der Waals surface area contributed by atoms with E-state index >= 15 is 0 Å². The molecule has 1 fully saturated rings. The maximum absolute atomic E-state index is 13.3. The summed E-state index contributed by atoms with van der Waals surface area (Å²) in [6.07, 6.45) is 10.2. The number of anilines is 4. The average molecular weight is 872 g/mol. The molecule has 3 aromatic carbocycles. The number of carbonyl (C=O) groups is 6. The third kappa shape index (κ3) is 11.8. The third-order valence-electron chi connectivity index (χ3n) is 10.8. The van der Waals surface area contributed by atoms with Gasteiger partial charge in [0.15, 0.2) is 11.5 Å². The summed E-state index contributed by atoms with van der Waals surface area (Å²) in [6.45, 7) is 4.47. The third-order valence-corrected chi connectivity index (χ3v) is 10.8. The van der Waals surface area contributed by atoms with Gasteiger partial charge >= 0.3 is 0 Å². The van der Waals surface area contributed by atoms with Crippen LogP contribution in [-0.4, -0.2) is 89.0 Å². The highest BCUT2D eigenvalue weighted by Gasteiger charge is 2.20. The van der Waals surface area contributed by atoms with Crippen molar-refractivity contribution in [2.45, 2.75) is 58.0 Å². The van der Waals surface area contributed by atoms with Gasteiger partial charge in [0.2, 0.25) is 24.6 Å². The fourth-order valence-corrected chi connectivity index (χ4v) is 7.15. The molecular formula is C47H53N9O8. The number of amides is 6. The number of likely N-dealkylation sites (tertiary alicyclic amines) is 1. The molecule has 17 nitrogen and oxygen atoms in total. The van der Waals surface area contributed by atoms with Crippen molar-refractivity contribution in [1.82, 2.24) is 19.4 Å². The number of nitrogens with zero attached hydrogens (tertiary/aromatic N) is 4. The Bertz CT molecular complexity index is 2510. The van der Waals surface area contributed by atoms with Gasteiger partial charge in [-0.1, -0.05) is 12.1 Å². The number of aryl methyl sites for hydroxylation is 3. The molecule has 6 rings (SSSR count). The number of carbonyl (C=O) groups excluding carboxylic acids is 6. The number of nitrogens with one attached hydrogen (secondary N) is 5. The Morgan fingerprint density at radius 1 is 0.781 bits per heavy atom. The van der Waals surface area contributed by atoms with Gasteiger partial charge in [-0.2, -0.15) is 0 Å². The van der Waals surface area contributed by atoms with Crippen molar-refractivity contribution in [3.63, 3.8) is 0 Å². The summed E-state index contributed by atoms with van der Waals surface area (Å²) in [5.41, 5.74) is 6.08. The number of piperidine rings is 1. The predicted octanol–water partition coefficient (Wildman–Crippen LogP) is 6.44. The van der Waals surface area contributed by atoms with E-state index in [9.17, 15) is 28.8 Å². The Morgan fingerprint density at radius 3 is 2.08 bits per heavy atom. The smallest absolute Gasteiger partial charge is 0.272 e. The van der Waals surface area contributed by atoms with Crippen LogP contribution in [0, 0.1) is 6.92 Å². The van der Waals surface area contributed by atoms with Crippen LogP contribution in [0.25, 0.3) is 11.1 Å². The minimum absolute atomic E-state index is 0.0429. The summed E-state index contributed by atoms with van der Waals surface area (Å²) in [5, 5.41) is 13.7. The van der Waals surface area contributed by atoms with Gasteiger partial charge in [-0.15, -0.1) is 0 Å². The number of ether oxygens (including phenoxy) is 2. The lowest BCUT2D eigenvalue weighted by molar-refractivity contribution is -0.120. The molecule has 3 heterocycles. The highest BCUT2D eigenvalue weighted by atomic mass is 16.5. The number of methoxy groups -OCH3 is 1. The predicted molar refractivity (Wildman–Crippen MR) is 246 cm³/mol. The zero-order chi connectivity index (χ0) is 45.8. The molecule has 1 aliphatic heterocycles. The van der Waals surface area contributed by atoms with Crippen LogP contribution in [0.5, 0.6) is 11.5 Å². The van der Waals surface area contributed by atoms with Crippen LogP contribution >= 0.6 is 0 Å². The summed E-state index contributed by atoms with van der Waals surface area (Å²) in [7, 11) is 5.05. The Balaban J connectivity index is 0.971. The fraction of sp³-hybridized carbons (Fsp3) is 0.298. The summed E-state index contributed by atoms with van der Waals surface area (Å²) < 4.78 is 14.9. The van der Waals surface area contributed by atoms with Crippen LogP contribution in [0.15, 0.2) is 90.2 Å². The molecule has 5 N–H and O–H groups in total. The van der Waals surface area contributed by atoms with Gasteiger partial charge in [0, 0.05) is 74.4 Å². The molecule has 2 atom stereocenters. The second-order valence-corrected chi connectivity index (χ2v) is 15.5. The van der Waals surface area contributed by atoms with Gasteiger partial charge in [0.1, 0.15) is 17.4 Å². The molecule has 6 amide bonds. The van der Waals surface area contributed by atoms with E-state index in [4.69, 9.17) is 9.47 Å². The van der Waals surface area contributed by atoms with Crippen LogP contribution in [0.2, 0.25) is 0 Å². The number of rotatable bonds is 19. The van der Waals surface area contributed by atoms with Crippen LogP contribution in [0.4, 0.5) is 28.4 Å². The number of benzene rings is 3. The maximum atomic E-state index is 13.3. The lowest BCUT2D eigenvalue weighted by Crippen LogP contribution is -2.39. The molecule has 0 radical (unpaired) electrons. The molecule has 334 valence electrons. The Morgan fingerprint density at radius 2 is 1.42 bits per heavy atom. The largest absolute Gasteiger partial charge is 0.493 e. The molecule has 0 aliphatic carbocycles. The second-order valence-electron chi connectivity index (χ2n) is 15.5. The van der Waals surface area contributed by atoms with E-state index in [1.807, 2.05) is 37.5 Å². The second kappa shape index (κ2) is 21.4. The molecule has 2 aromatic heterocycles. The topological polar surface area (TPSA) is 206 Å². The molecule has 0 spiro atoms. The Kier molecular flexibility index (Phi) is 15.3. The summed E-state index contributed by atoms with van der Waals surface area (Å²) in [5.74, 6) is -0.234. The lowest BCUT2D eigenvalue weighted by atomic mass is 10.0. The van der Waals surface area contributed by atoms with E-state index in [1.54, 1.807) is 103 Å². The highest BCUT2D eigenvalue weighted by Crippen LogP contribution is 2.35. The first kappa shape index (κ1) is 45.8. The van der Waals surface area contributed by atoms with E-state index in [2.05, 4.69) is 31.6 Å². The molecule has 0 unspecified atom stereocenters. The van der Waals surface area contributed by atoms with Crippen LogP contribution in [0.1, 0.15) is 65.6 Å². The molecule has 64 heavy (non-hydrogen) atoms. The van der Waals surface area contributed by atoms with E-state index in [0.717, 1.165) is 48.9 Å².